The maximum absolute atomic E-state index is 3.58. The average Bonchev–Trinajstić information content (AvgIpc) is 2.78. The quantitative estimate of drug-likeness (QED) is 0.654. The molecule has 2 aliphatic rings. The molecule has 2 atom stereocenters. The van der Waals surface area contributed by atoms with E-state index in [1.54, 1.807) is 0 Å². The summed E-state index contributed by atoms with van der Waals surface area (Å²) in [5, 5.41) is 7.06. The minimum absolute atomic E-state index is 0.733. The van der Waals surface area contributed by atoms with Crippen molar-refractivity contribution >= 4 is 0 Å². The monoisotopic (exact) mass is 168 g/mol. The zero-order valence-corrected chi connectivity index (χ0v) is 7.97. The van der Waals surface area contributed by atoms with Crippen molar-refractivity contribution in [1.82, 2.24) is 10.6 Å². The molecule has 0 bridgehead atoms. The van der Waals surface area contributed by atoms with E-state index >= 15 is 0 Å². The van der Waals surface area contributed by atoms with Crippen LogP contribution in [0.1, 0.15) is 26.2 Å². The fourth-order valence-corrected chi connectivity index (χ4v) is 1.99. The lowest BCUT2D eigenvalue weighted by molar-refractivity contribution is 0.435. The summed E-state index contributed by atoms with van der Waals surface area (Å²) in [4.78, 5) is 0. The third kappa shape index (κ3) is 2.20. The van der Waals surface area contributed by atoms with Gasteiger partial charge in [-0.3, -0.25) is 0 Å². The molecule has 1 heterocycles. The van der Waals surface area contributed by atoms with Crippen LogP contribution in [0.3, 0.4) is 0 Å². The van der Waals surface area contributed by atoms with Gasteiger partial charge in [0.2, 0.25) is 0 Å². The summed E-state index contributed by atoms with van der Waals surface area (Å²) < 4.78 is 0. The van der Waals surface area contributed by atoms with Gasteiger partial charge in [-0.05, 0) is 57.7 Å². The maximum atomic E-state index is 3.58. The Morgan fingerprint density at radius 3 is 2.67 bits per heavy atom. The van der Waals surface area contributed by atoms with Crippen molar-refractivity contribution in [3.8, 4) is 0 Å². The van der Waals surface area contributed by atoms with E-state index in [0.29, 0.717) is 0 Å². The molecule has 1 saturated carbocycles. The molecule has 12 heavy (non-hydrogen) atoms. The molecule has 2 nitrogen and oxygen atoms in total. The van der Waals surface area contributed by atoms with Gasteiger partial charge in [-0.15, -0.1) is 0 Å². The number of nitrogens with one attached hydrogen (secondary N) is 2. The van der Waals surface area contributed by atoms with E-state index in [1.165, 1.54) is 38.9 Å². The van der Waals surface area contributed by atoms with Gasteiger partial charge in [0.25, 0.3) is 0 Å². The van der Waals surface area contributed by atoms with E-state index < -0.39 is 0 Å². The second-order valence-corrected chi connectivity index (χ2v) is 4.39. The first kappa shape index (κ1) is 8.52. The van der Waals surface area contributed by atoms with Crippen molar-refractivity contribution in [3.05, 3.63) is 0 Å². The first-order valence-corrected chi connectivity index (χ1v) is 5.30. The van der Waals surface area contributed by atoms with E-state index in [2.05, 4.69) is 17.6 Å². The molecule has 2 unspecified atom stereocenters. The van der Waals surface area contributed by atoms with Crippen LogP contribution < -0.4 is 10.6 Å². The van der Waals surface area contributed by atoms with Crippen LogP contribution in [-0.4, -0.2) is 25.7 Å². The van der Waals surface area contributed by atoms with Crippen LogP contribution >= 0.6 is 0 Å². The lowest BCUT2D eigenvalue weighted by Gasteiger charge is -2.15. The molecule has 2 N–H and O–H groups in total. The van der Waals surface area contributed by atoms with E-state index in [1.807, 2.05) is 0 Å². The number of hydrogen-bond donors (Lipinski definition) is 2. The number of hydrogen-bond acceptors (Lipinski definition) is 2. The molecular formula is C10H20N2. The van der Waals surface area contributed by atoms with Gasteiger partial charge in [0.15, 0.2) is 0 Å². The highest BCUT2D eigenvalue weighted by Crippen LogP contribution is 2.27. The van der Waals surface area contributed by atoms with Gasteiger partial charge in [0.1, 0.15) is 0 Å². The van der Waals surface area contributed by atoms with Crippen molar-refractivity contribution in [1.29, 1.82) is 0 Å². The molecule has 1 aliphatic carbocycles. The van der Waals surface area contributed by atoms with Gasteiger partial charge in [-0.1, -0.05) is 0 Å². The van der Waals surface area contributed by atoms with Crippen LogP contribution in [0.5, 0.6) is 0 Å². The smallest absolute Gasteiger partial charge is 0.00795 e. The van der Waals surface area contributed by atoms with Crippen molar-refractivity contribution < 1.29 is 0 Å². The van der Waals surface area contributed by atoms with Crippen molar-refractivity contribution in [3.63, 3.8) is 0 Å². The summed E-state index contributed by atoms with van der Waals surface area (Å²) in [5.41, 5.74) is 0. The molecule has 0 aromatic carbocycles. The first-order valence-electron chi connectivity index (χ1n) is 5.30. The predicted octanol–water partition coefficient (Wildman–Crippen LogP) is 0.984. The van der Waals surface area contributed by atoms with Crippen LogP contribution in [0.25, 0.3) is 0 Å². The fourth-order valence-electron chi connectivity index (χ4n) is 1.99. The molecular weight excluding hydrogens is 148 g/mol. The molecule has 2 rings (SSSR count). The van der Waals surface area contributed by atoms with Crippen LogP contribution in [0.4, 0.5) is 0 Å². The summed E-state index contributed by atoms with van der Waals surface area (Å²) >= 11 is 0. The second kappa shape index (κ2) is 3.75. The molecule has 0 spiro atoms. The van der Waals surface area contributed by atoms with E-state index in [-0.39, 0.29) is 0 Å². The van der Waals surface area contributed by atoms with Gasteiger partial charge in [-0.2, -0.15) is 0 Å². The predicted molar refractivity (Wildman–Crippen MR) is 51.2 cm³/mol. The summed E-state index contributed by atoms with van der Waals surface area (Å²) in [6.45, 7) is 6.02. The summed E-state index contributed by atoms with van der Waals surface area (Å²) in [7, 11) is 0. The van der Waals surface area contributed by atoms with Crippen LogP contribution in [0, 0.1) is 11.8 Å². The minimum atomic E-state index is 0.733. The Morgan fingerprint density at radius 1 is 1.25 bits per heavy atom. The summed E-state index contributed by atoms with van der Waals surface area (Å²) in [5.74, 6) is 1.90. The van der Waals surface area contributed by atoms with Crippen molar-refractivity contribution in [2.75, 3.05) is 19.6 Å². The second-order valence-electron chi connectivity index (χ2n) is 4.39. The standard InChI is InChI=1S/C10H20N2/c1-8-10(4-5-12-8)7-11-6-9-2-3-9/h8-12H,2-7H2,1H3. The number of rotatable bonds is 4. The lowest BCUT2D eigenvalue weighted by Crippen LogP contribution is -2.31. The SMILES string of the molecule is CC1NCCC1CNCC1CC1. The Kier molecular flexibility index (Phi) is 2.66. The average molecular weight is 168 g/mol. The summed E-state index contributed by atoms with van der Waals surface area (Å²) in [6, 6.07) is 0.733. The normalized spacial score (nSPS) is 35.8. The van der Waals surface area contributed by atoms with E-state index in [4.69, 9.17) is 0 Å². The molecule has 70 valence electrons. The molecule has 1 aliphatic heterocycles. The highest BCUT2D eigenvalue weighted by Gasteiger charge is 2.24. The van der Waals surface area contributed by atoms with Gasteiger partial charge >= 0.3 is 0 Å². The largest absolute Gasteiger partial charge is 0.316 e. The van der Waals surface area contributed by atoms with Crippen molar-refractivity contribution in [2.24, 2.45) is 11.8 Å². The Hall–Kier alpha value is -0.0800. The topological polar surface area (TPSA) is 24.1 Å². The molecule has 2 fully saturated rings. The van der Waals surface area contributed by atoms with Crippen LogP contribution in [-0.2, 0) is 0 Å². The van der Waals surface area contributed by atoms with E-state index in [9.17, 15) is 0 Å². The summed E-state index contributed by atoms with van der Waals surface area (Å²) in [6.07, 6.45) is 4.29. The molecule has 0 aromatic rings. The molecule has 0 radical (unpaired) electrons. The zero-order chi connectivity index (χ0) is 8.39. The lowest BCUT2D eigenvalue weighted by atomic mass is 10.0. The van der Waals surface area contributed by atoms with Gasteiger partial charge < -0.3 is 10.6 Å². The van der Waals surface area contributed by atoms with E-state index in [0.717, 1.165) is 17.9 Å². The highest BCUT2D eigenvalue weighted by molar-refractivity contribution is 4.83. The Labute approximate surface area is 75.1 Å². The van der Waals surface area contributed by atoms with Gasteiger partial charge in [0, 0.05) is 6.04 Å². The molecule has 1 saturated heterocycles. The fraction of sp³-hybridized carbons (Fsp3) is 1.00. The van der Waals surface area contributed by atoms with Crippen LogP contribution in [0.15, 0.2) is 0 Å². The zero-order valence-electron chi connectivity index (χ0n) is 7.97. The third-order valence-corrected chi connectivity index (χ3v) is 3.23. The molecule has 0 aromatic heterocycles. The maximum Gasteiger partial charge on any atom is 0.00795 e. The highest BCUT2D eigenvalue weighted by atomic mass is 15.0. The first-order chi connectivity index (χ1) is 5.86. The molecule has 0 amide bonds. The third-order valence-electron chi connectivity index (χ3n) is 3.23. The Bertz CT molecular complexity index is 143. The molecule has 2 heteroatoms. The minimum Gasteiger partial charge on any atom is -0.316 e. The van der Waals surface area contributed by atoms with Crippen molar-refractivity contribution in [2.45, 2.75) is 32.2 Å². The van der Waals surface area contributed by atoms with Gasteiger partial charge in [-0.25, -0.2) is 0 Å². The Morgan fingerprint density at radius 2 is 2.08 bits per heavy atom. The van der Waals surface area contributed by atoms with Gasteiger partial charge in [0.05, 0.1) is 0 Å². The Balaban J connectivity index is 1.58. The van der Waals surface area contributed by atoms with Crippen LogP contribution in [0.2, 0.25) is 0 Å².